The van der Waals surface area contributed by atoms with Crippen LogP contribution in [0.5, 0.6) is 5.75 Å². The molecule has 8 heteroatoms. The highest BCUT2D eigenvalue weighted by Crippen LogP contribution is 2.33. The number of nitrogens with one attached hydrogen (secondary N) is 2. The number of rotatable bonds is 3. The average Bonchev–Trinajstić information content (AvgIpc) is 2.52. The molecule has 0 aromatic heterocycles. The highest BCUT2D eigenvalue weighted by molar-refractivity contribution is 7.99. The Balaban J connectivity index is 0.00000192. The first-order valence-electron chi connectivity index (χ1n) is 7.28. The van der Waals surface area contributed by atoms with E-state index in [1.165, 1.54) is 0 Å². The number of hydrogen-bond acceptors (Lipinski definition) is 5. The van der Waals surface area contributed by atoms with E-state index in [0.29, 0.717) is 23.5 Å². The van der Waals surface area contributed by atoms with Gasteiger partial charge in [-0.15, -0.1) is 12.4 Å². The van der Waals surface area contributed by atoms with Crippen molar-refractivity contribution in [3.8, 4) is 5.75 Å². The molecular weight excluding hydrogens is 338 g/mol. The number of halogens is 1. The van der Waals surface area contributed by atoms with Crippen molar-refractivity contribution in [1.29, 1.82) is 0 Å². The Morgan fingerprint density at radius 1 is 1.52 bits per heavy atom. The van der Waals surface area contributed by atoms with Gasteiger partial charge in [-0.05, 0) is 18.2 Å². The van der Waals surface area contributed by atoms with Gasteiger partial charge in [0.1, 0.15) is 5.75 Å². The molecule has 0 aliphatic carbocycles. The van der Waals surface area contributed by atoms with E-state index >= 15 is 0 Å². The molecule has 1 aromatic carbocycles. The molecule has 1 saturated heterocycles. The summed E-state index contributed by atoms with van der Waals surface area (Å²) in [6.45, 7) is 1.01. The van der Waals surface area contributed by atoms with Gasteiger partial charge in [0.2, 0.25) is 5.91 Å². The number of amides is 2. The van der Waals surface area contributed by atoms with E-state index in [9.17, 15) is 9.59 Å². The SMILES string of the molecule is CN1C(=O)COc2ccc(NC(=O)CC3CSCCN3)cc21.Cl. The fourth-order valence-electron chi connectivity index (χ4n) is 2.54. The van der Waals surface area contributed by atoms with Crippen LogP contribution in [0.4, 0.5) is 11.4 Å². The van der Waals surface area contributed by atoms with Crippen molar-refractivity contribution in [1.82, 2.24) is 5.32 Å². The number of carbonyl (C=O) groups excluding carboxylic acids is 2. The Kier molecular flexibility index (Phi) is 6.15. The van der Waals surface area contributed by atoms with Crippen molar-refractivity contribution in [2.45, 2.75) is 12.5 Å². The molecule has 2 aliphatic heterocycles. The quantitative estimate of drug-likeness (QED) is 0.857. The molecule has 126 valence electrons. The smallest absolute Gasteiger partial charge is 0.264 e. The second-order valence-corrected chi connectivity index (χ2v) is 6.55. The number of likely N-dealkylation sites (N-methyl/N-ethyl adjacent to an activating group) is 1. The lowest BCUT2D eigenvalue weighted by Crippen LogP contribution is -2.40. The Labute approximate surface area is 145 Å². The fraction of sp³-hybridized carbons (Fsp3) is 0.467. The summed E-state index contributed by atoms with van der Waals surface area (Å²) in [5, 5.41) is 6.24. The molecule has 23 heavy (non-hydrogen) atoms. The standard InChI is InChI=1S/C15H19N3O3S.ClH/c1-18-12-6-10(2-3-13(12)21-8-15(18)20)17-14(19)7-11-9-22-5-4-16-11;/h2-3,6,11,16H,4-5,7-9H2,1H3,(H,17,19);1H. The normalized spacial score (nSPS) is 20.1. The first kappa shape index (κ1) is 17.9. The van der Waals surface area contributed by atoms with Gasteiger partial charge in [0.25, 0.3) is 5.91 Å². The van der Waals surface area contributed by atoms with E-state index in [1.807, 2.05) is 11.8 Å². The van der Waals surface area contributed by atoms with Crippen molar-refractivity contribution in [3.63, 3.8) is 0 Å². The maximum absolute atomic E-state index is 12.1. The first-order valence-corrected chi connectivity index (χ1v) is 8.43. The Morgan fingerprint density at radius 2 is 2.35 bits per heavy atom. The number of thioether (sulfide) groups is 1. The van der Waals surface area contributed by atoms with Crippen LogP contribution in [-0.2, 0) is 9.59 Å². The molecule has 0 saturated carbocycles. The lowest BCUT2D eigenvalue weighted by Gasteiger charge is -2.26. The van der Waals surface area contributed by atoms with E-state index in [4.69, 9.17) is 4.74 Å². The van der Waals surface area contributed by atoms with Crippen LogP contribution >= 0.6 is 24.2 Å². The fourth-order valence-corrected chi connectivity index (χ4v) is 3.49. The third-order valence-corrected chi connectivity index (χ3v) is 4.89. The van der Waals surface area contributed by atoms with Crippen LogP contribution in [-0.4, -0.2) is 49.6 Å². The molecule has 2 aliphatic rings. The number of anilines is 2. The van der Waals surface area contributed by atoms with Crippen molar-refractivity contribution >= 4 is 47.4 Å². The third-order valence-electron chi connectivity index (χ3n) is 3.76. The van der Waals surface area contributed by atoms with Crippen LogP contribution in [0.3, 0.4) is 0 Å². The van der Waals surface area contributed by atoms with Crippen LogP contribution in [0.15, 0.2) is 18.2 Å². The second-order valence-electron chi connectivity index (χ2n) is 5.40. The Bertz CT molecular complexity index is 593. The van der Waals surface area contributed by atoms with Crippen LogP contribution in [0.1, 0.15) is 6.42 Å². The molecule has 6 nitrogen and oxygen atoms in total. The van der Waals surface area contributed by atoms with Crippen molar-refractivity contribution in [2.24, 2.45) is 0 Å². The zero-order valence-corrected chi connectivity index (χ0v) is 14.5. The van der Waals surface area contributed by atoms with E-state index in [1.54, 1.807) is 30.1 Å². The minimum absolute atomic E-state index is 0. The summed E-state index contributed by atoms with van der Waals surface area (Å²) in [5.41, 5.74) is 1.36. The molecule has 1 aromatic rings. The van der Waals surface area contributed by atoms with Gasteiger partial charge in [-0.1, -0.05) is 0 Å². The van der Waals surface area contributed by atoms with E-state index in [0.717, 1.165) is 18.1 Å². The summed E-state index contributed by atoms with van der Waals surface area (Å²) in [6, 6.07) is 5.57. The minimum Gasteiger partial charge on any atom is -0.482 e. The molecule has 2 heterocycles. The number of carbonyl (C=O) groups is 2. The van der Waals surface area contributed by atoms with Gasteiger partial charge < -0.3 is 20.3 Å². The molecule has 0 bridgehead atoms. The van der Waals surface area contributed by atoms with Crippen molar-refractivity contribution < 1.29 is 14.3 Å². The summed E-state index contributed by atoms with van der Waals surface area (Å²) in [4.78, 5) is 25.3. The maximum Gasteiger partial charge on any atom is 0.264 e. The van der Waals surface area contributed by atoms with Gasteiger partial charge >= 0.3 is 0 Å². The van der Waals surface area contributed by atoms with Crippen LogP contribution in [0.2, 0.25) is 0 Å². The van der Waals surface area contributed by atoms with Crippen LogP contribution in [0, 0.1) is 0 Å². The molecular formula is C15H20ClN3O3S. The summed E-state index contributed by atoms with van der Waals surface area (Å²) in [5.74, 6) is 2.60. The monoisotopic (exact) mass is 357 g/mol. The van der Waals surface area contributed by atoms with Crippen molar-refractivity contribution in [3.05, 3.63) is 18.2 Å². The average molecular weight is 358 g/mol. The van der Waals surface area contributed by atoms with Gasteiger partial charge in [0.05, 0.1) is 5.69 Å². The van der Waals surface area contributed by atoms with Gasteiger partial charge in [0.15, 0.2) is 6.61 Å². The van der Waals surface area contributed by atoms with E-state index in [2.05, 4.69) is 10.6 Å². The van der Waals surface area contributed by atoms with Crippen molar-refractivity contribution in [2.75, 3.05) is 41.9 Å². The van der Waals surface area contributed by atoms with E-state index in [-0.39, 0.29) is 36.9 Å². The van der Waals surface area contributed by atoms with Gasteiger partial charge in [-0.2, -0.15) is 11.8 Å². The molecule has 0 radical (unpaired) electrons. The molecule has 1 unspecified atom stereocenters. The predicted octanol–water partition coefficient (Wildman–Crippen LogP) is 1.50. The van der Waals surface area contributed by atoms with Gasteiger partial charge in [-0.25, -0.2) is 0 Å². The van der Waals surface area contributed by atoms with E-state index < -0.39 is 0 Å². The Hall–Kier alpha value is -1.44. The lowest BCUT2D eigenvalue weighted by molar-refractivity contribution is -0.121. The van der Waals surface area contributed by atoms with Crippen LogP contribution < -0.4 is 20.3 Å². The molecule has 2 N–H and O–H groups in total. The number of ether oxygens (including phenoxy) is 1. The highest BCUT2D eigenvalue weighted by atomic mass is 35.5. The maximum atomic E-state index is 12.1. The molecule has 3 rings (SSSR count). The lowest BCUT2D eigenvalue weighted by atomic mass is 10.2. The zero-order chi connectivity index (χ0) is 15.5. The van der Waals surface area contributed by atoms with Crippen LogP contribution in [0.25, 0.3) is 0 Å². The highest BCUT2D eigenvalue weighted by Gasteiger charge is 2.23. The van der Waals surface area contributed by atoms with Gasteiger partial charge in [-0.3, -0.25) is 9.59 Å². The number of hydrogen-bond donors (Lipinski definition) is 2. The molecule has 2 amide bonds. The summed E-state index contributed by atoms with van der Waals surface area (Å²) in [7, 11) is 1.71. The summed E-state index contributed by atoms with van der Waals surface area (Å²) < 4.78 is 5.37. The first-order chi connectivity index (χ1) is 10.6. The summed E-state index contributed by atoms with van der Waals surface area (Å²) in [6.07, 6.45) is 0.454. The topological polar surface area (TPSA) is 70.7 Å². The Morgan fingerprint density at radius 3 is 3.09 bits per heavy atom. The molecule has 1 atom stereocenters. The molecule has 1 fully saturated rings. The number of fused-ring (bicyclic) bond motifs is 1. The minimum atomic E-state index is -0.0978. The largest absolute Gasteiger partial charge is 0.482 e. The van der Waals surface area contributed by atoms with Gasteiger partial charge in [0, 0.05) is 43.2 Å². The third kappa shape index (κ3) is 4.31. The number of nitrogens with zero attached hydrogens (tertiary/aromatic N) is 1. The molecule has 0 spiro atoms. The summed E-state index contributed by atoms with van der Waals surface area (Å²) >= 11 is 1.87. The number of benzene rings is 1. The predicted molar refractivity (Wildman–Crippen MR) is 95.0 cm³/mol. The second kappa shape index (κ2) is 7.90. The zero-order valence-electron chi connectivity index (χ0n) is 12.8.